The lowest BCUT2D eigenvalue weighted by atomic mass is 10.0. The predicted octanol–water partition coefficient (Wildman–Crippen LogP) is 6.11. The molecule has 7 heteroatoms. The second-order valence-electron chi connectivity index (χ2n) is 8.71. The second kappa shape index (κ2) is 8.73. The molecule has 0 bridgehead atoms. The van der Waals surface area contributed by atoms with Crippen LogP contribution in [0.15, 0.2) is 80.4 Å². The van der Waals surface area contributed by atoms with Gasteiger partial charge in [0.2, 0.25) is 0 Å². The number of hydrogen-bond acceptors (Lipinski definition) is 6. The third-order valence-corrected chi connectivity index (χ3v) is 9.11. The first-order valence-corrected chi connectivity index (χ1v) is 13.0. The minimum atomic E-state index is 0.207. The molecule has 0 unspecified atom stereocenters. The average molecular weight is 488 g/mol. The summed E-state index contributed by atoms with van der Waals surface area (Å²) >= 11 is 3.61. The summed E-state index contributed by atoms with van der Waals surface area (Å²) in [4.78, 5) is 7.41. The quantitative estimate of drug-likeness (QED) is 0.331. The highest BCUT2D eigenvalue weighted by Crippen LogP contribution is 2.52. The number of rotatable bonds is 3. The molecule has 6 rings (SSSR count). The molecule has 3 aromatic carbocycles. The number of phenols is 1. The van der Waals surface area contributed by atoms with Crippen molar-refractivity contribution in [1.82, 2.24) is 14.7 Å². The van der Waals surface area contributed by atoms with Crippen molar-refractivity contribution in [1.29, 1.82) is 0 Å². The summed E-state index contributed by atoms with van der Waals surface area (Å²) in [6.07, 6.45) is 1.94. The fourth-order valence-electron chi connectivity index (χ4n) is 4.56. The van der Waals surface area contributed by atoms with E-state index in [0.717, 1.165) is 29.8 Å². The summed E-state index contributed by atoms with van der Waals surface area (Å²) in [6, 6.07) is 19.0. The molecule has 0 saturated heterocycles. The standard InChI is InChI=1S/C27H25N3O2S2/c1-17-20(14-28-29(17)2)16-30-10-11-32-26-19(15-30)12-18(13-22(26)31)21-6-5-9-25-27(21)34-24-8-4-3-7-23(24)33-25/h3-9,12-14,31H,10-11,15-16H2,1-2H3. The first kappa shape index (κ1) is 21.6. The van der Waals surface area contributed by atoms with E-state index >= 15 is 0 Å². The zero-order valence-electron chi connectivity index (χ0n) is 19.1. The molecular weight excluding hydrogens is 462 g/mol. The van der Waals surface area contributed by atoms with Crippen LogP contribution < -0.4 is 4.74 Å². The van der Waals surface area contributed by atoms with E-state index in [2.05, 4.69) is 65.5 Å². The van der Waals surface area contributed by atoms with Gasteiger partial charge >= 0.3 is 0 Å². The lowest BCUT2D eigenvalue weighted by Gasteiger charge is -2.22. The van der Waals surface area contributed by atoms with Gasteiger partial charge in [0.25, 0.3) is 0 Å². The molecule has 172 valence electrons. The van der Waals surface area contributed by atoms with Gasteiger partial charge in [0.05, 0.1) is 6.20 Å². The van der Waals surface area contributed by atoms with Crippen LogP contribution in [0.2, 0.25) is 0 Å². The first-order chi connectivity index (χ1) is 16.6. The summed E-state index contributed by atoms with van der Waals surface area (Å²) < 4.78 is 7.92. The smallest absolute Gasteiger partial charge is 0.165 e. The topological polar surface area (TPSA) is 50.5 Å². The van der Waals surface area contributed by atoms with Crippen molar-refractivity contribution in [3.63, 3.8) is 0 Å². The van der Waals surface area contributed by atoms with Crippen molar-refractivity contribution in [2.75, 3.05) is 13.2 Å². The Morgan fingerprint density at radius 2 is 1.82 bits per heavy atom. The van der Waals surface area contributed by atoms with Crippen LogP contribution in [-0.2, 0) is 20.1 Å². The Bertz CT molecular complexity index is 1400. The zero-order chi connectivity index (χ0) is 23.2. The normalized spacial score (nSPS) is 15.1. The van der Waals surface area contributed by atoms with Gasteiger partial charge in [-0.15, -0.1) is 0 Å². The zero-order valence-corrected chi connectivity index (χ0v) is 20.7. The van der Waals surface area contributed by atoms with E-state index in [1.165, 1.54) is 30.8 Å². The first-order valence-electron chi connectivity index (χ1n) is 11.3. The van der Waals surface area contributed by atoms with Gasteiger partial charge in [-0.2, -0.15) is 5.10 Å². The van der Waals surface area contributed by atoms with Gasteiger partial charge in [0, 0.05) is 63.1 Å². The predicted molar refractivity (Wildman–Crippen MR) is 136 cm³/mol. The third-order valence-electron chi connectivity index (χ3n) is 6.50. The molecule has 0 spiro atoms. The Morgan fingerprint density at radius 3 is 2.62 bits per heavy atom. The van der Waals surface area contributed by atoms with E-state index in [9.17, 15) is 5.11 Å². The van der Waals surface area contributed by atoms with Crippen LogP contribution in [-0.4, -0.2) is 32.9 Å². The number of fused-ring (bicyclic) bond motifs is 3. The van der Waals surface area contributed by atoms with E-state index in [1.54, 1.807) is 11.8 Å². The lowest BCUT2D eigenvalue weighted by Crippen LogP contribution is -2.25. The molecular formula is C27H25N3O2S2. The number of phenolic OH excluding ortho intramolecular Hbond substituents is 1. The number of nitrogens with zero attached hydrogens (tertiary/aromatic N) is 3. The maximum absolute atomic E-state index is 10.9. The molecule has 0 amide bonds. The number of aromatic nitrogens is 2. The molecule has 0 radical (unpaired) electrons. The maximum Gasteiger partial charge on any atom is 0.165 e. The van der Waals surface area contributed by atoms with Gasteiger partial charge in [0.15, 0.2) is 11.5 Å². The monoisotopic (exact) mass is 487 g/mol. The maximum atomic E-state index is 10.9. The number of aryl methyl sites for hydroxylation is 1. The molecule has 0 atom stereocenters. The van der Waals surface area contributed by atoms with Crippen molar-refractivity contribution >= 4 is 23.5 Å². The van der Waals surface area contributed by atoms with Crippen LogP contribution in [0, 0.1) is 6.92 Å². The Morgan fingerprint density at radius 1 is 1.03 bits per heavy atom. The summed E-state index contributed by atoms with van der Waals surface area (Å²) in [7, 11) is 1.97. The number of aromatic hydroxyl groups is 1. The van der Waals surface area contributed by atoms with E-state index in [0.29, 0.717) is 18.9 Å². The lowest BCUT2D eigenvalue weighted by molar-refractivity contribution is 0.217. The van der Waals surface area contributed by atoms with E-state index in [1.807, 2.05) is 35.8 Å². The molecule has 4 aromatic rings. The fourth-order valence-corrected chi connectivity index (χ4v) is 6.96. The van der Waals surface area contributed by atoms with Gasteiger partial charge in [0.1, 0.15) is 6.61 Å². The summed E-state index contributed by atoms with van der Waals surface area (Å²) in [5, 5.41) is 15.3. The van der Waals surface area contributed by atoms with Gasteiger partial charge in [-0.3, -0.25) is 9.58 Å². The molecule has 2 aliphatic rings. The summed E-state index contributed by atoms with van der Waals surface area (Å²) in [6.45, 7) is 4.95. The van der Waals surface area contributed by atoms with Crippen molar-refractivity contribution < 1.29 is 9.84 Å². The second-order valence-corrected chi connectivity index (χ2v) is 10.8. The Hall–Kier alpha value is -2.87. The van der Waals surface area contributed by atoms with Crippen LogP contribution in [0.25, 0.3) is 11.1 Å². The molecule has 1 N–H and O–H groups in total. The molecule has 2 aliphatic heterocycles. The van der Waals surface area contributed by atoms with Gasteiger partial charge in [-0.05, 0) is 48.4 Å². The summed E-state index contributed by atoms with van der Waals surface area (Å²) in [5.74, 6) is 0.810. The summed E-state index contributed by atoms with van der Waals surface area (Å²) in [5.41, 5.74) is 5.56. The third kappa shape index (κ3) is 3.87. The molecule has 0 aliphatic carbocycles. The molecule has 3 heterocycles. The van der Waals surface area contributed by atoms with E-state index in [4.69, 9.17) is 4.74 Å². The fraction of sp³-hybridized carbons (Fsp3) is 0.222. The minimum Gasteiger partial charge on any atom is -0.504 e. The number of hydrogen-bond donors (Lipinski definition) is 1. The largest absolute Gasteiger partial charge is 0.504 e. The molecule has 34 heavy (non-hydrogen) atoms. The van der Waals surface area contributed by atoms with Gasteiger partial charge in [-0.25, -0.2) is 0 Å². The van der Waals surface area contributed by atoms with Crippen LogP contribution in [0.1, 0.15) is 16.8 Å². The van der Waals surface area contributed by atoms with Crippen LogP contribution >= 0.6 is 23.5 Å². The van der Waals surface area contributed by atoms with Crippen molar-refractivity contribution in [2.24, 2.45) is 7.05 Å². The average Bonchev–Trinajstić information content (AvgIpc) is 3.03. The Labute approximate surface area is 207 Å². The molecule has 0 fully saturated rings. The van der Waals surface area contributed by atoms with Crippen LogP contribution in [0.3, 0.4) is 0 Å². The van der Waals surface area contributed by atoms with Crippen molar-refractivity contribution in [2.45, 2.75) is 39.6 Å². The number of ether oxygens (including phenoxy) is 1. The highest BCUT2D eigenvalue weighted by molar-refractivity contribution is 8.05. The van der Waals surface area contributed by atoms with Crippen LogP contribution in [0.4, 0.5) is 0 Å². The molecule has 1 aromatic heterocycles. The van der Waals surface area contributed by atoms with Crippen molar-refractivity contribution in [3.05, 3.63) is 77.6 Å². The van der Waals surface area contributed by atoms with E-state index < -0.39 is 0 Å². The Balaban J connectivity index is 1.36. The van der Waals surface area contributed by atoms with Gasteiger partial charge in [-0.1, -0.05) is 47.8 Å². The highest BCUT2D eigenvalue weighted by Gasteiger charge is 2.24. The van der Waals surface area contributed by atoms with E-state index in [-0.39, 0.29) is 5.75 Å². The van der Waals surface area contributed by atoms with Crippen LogP contribution in [0.5, 0.6) is 11.5 Å². The minimum absolute atomic E-state index is 0.207. The van der Waals surface area contributed by atoms with Gasteiger partial charge < -0.3 is 9.84 Å². The Kier molecular flexibility index (Phi) is 5.56. The SMILES string of the molecule is Cc1c(CN2CCOc3c(O)cc(-c4cccc5c4Sc4ccccc4S5)cc3C2)cnn1C. The highest BCUT2D eigenvalue weighted by atomic mass is 32.2. The number of benzene rings is 3. The van der Waals surface area contributed by atoms with Crippen molar-refractivity contribution in [3.8, 4) is 22.6 Å². The molecule has 5 nitrogen and oxygen atoms in total. The molecule has 0 saturated carbocycles.